The van der Waals surface area contributed by atoms with E-state index in [4.69, 9.17) is 51.5 Å². The third-order valence-electron chi connectivity index (χ3n) is 3.97. The van der Waals surface area contributed by atoms with Crippen molar-refractivity contribution in [3.05, 3.63) is 62.1 Å². The van der Waals surface area contributed by atoms with Gasteiger partial charge in [0, 0.05) is 27.7 Å². The van der Waals surface area contributed by atoms with Gasteiger partial charge in [-0.2, -0.15) is 5.10 Å². The Kier molecular flexibility index (Phi) is 4.13. The number of hydrogen-bond donors (Lipinski definition) is 1. The summed E-state index contributed by atoms with van der Waals surface area (Å²) in [5, 5.41) is 10.5. The van der Waals surface area contributed by atoms with Crippen LogP contribution in [0.1, 0.15) is 5.56 Å². The minimum absolute atomic E-state index is 0.569. The van der Waals surface area contributed by atoms with Crippen molar-refractivity contribution >= 4 is 52.2 Å². The summed E-state index contributed by atoms with van der Waals surface area (Å²) in [5.41, 5.74) is 3.51. The quantitative estimate of drug-likeness (QED) is 0.563. The fourth-order valence-corrected chi connectivity index (χ4v) is 3.76. The number of anilines is 1. The molecule has 0 atom stereocenters. The molecule has 1 aliphatic heterocycles. The summed E-state index contributed by atoms with van der Waals surface area (Å²) >= 11 is 24.9. The molecular weight excluding hydrogens is 388 g/mol. The van der Waals surface area contributed by atoms with E-state index in [1.807, 2.05) is 12.1 Å². The lowest BCUT2D eigenvalue weighted by molar-refractivity contribution is 0.883. The standard InChI is InChI=1S/C17H11Cl4N3/c18-9-1-3-11(14(21)7-9)16-12-5-6-22-17(12)24(23-16)15-8-10(19)2-4-13(15)20/h1-4,7-8,22H,5-6H2. The van der Waals surface area contributed by atoms with Crippen LogP contribution in [0.15, 0.2) is 36.4 Å². The molecule has 3 nitrogen and oxygen atoms in total. The Morgan fingerprint density at radius 1 is 0.917 bits per heavy atom. The van der Waals surface area contributed by atoms with Crippen LogP contribution in [0.4, 0.5) is 5.82 Å². The number of fused-ring (bicyclic) bond motifs is 1. The zero-order chi connectivity index (χ0) is 16.8. The number of nitrogens with one attached hydrogen (secondary N) is 1. The lowest BCUT2D eigenvalue weighted by Crippen LogP contribution is -2.05. The largest absolute Gasteiger partial charge is 0.369 e. The van der Waals surface area contributed by atoms with Gasteiger partial charge in [-0.05, 0) is 42.8 Å². The Balaban J connectivity index is 1.94. The van der Waals surface area contributed by atoms with Crippen LogP contribution in [0.5, 0.6) is 0 Å². The summed E-state index contributed by atoms with van der Waals surface area (Å²) in [6, 6.07) is 10.7. The van der Waals surface area contributed by atoms with E-state index in [9.17, 15) is 0 Å². The fraction of sp³-hybridized carbons (Fsp3) is 0.118. The average Bonchev–Trinajstić information content (AvgIpc) is 3.13. The van der Waals surface area contributed by atoms with Crippen molar-refractivity contribution in [2.45, 2.75) is 6.42 Å². The van der Waals surface area contributed by atoms with Crippen molar-refractivity contribution in [2.24, 2.45) is 0 Å². The van der Waals surface area contributed by atoms with Gasteiger partial charge in [0.15, 0.2) is 0 Å². The van der Waals surface area contributed by atoms with Crippen LogP contribution < -0.4 is 5.32 Å². The molecule has 4 rings (SSSR count). The maximum absolute atomic E-state index is 6.38. The Bertz CT molecular complexity index is 949. The Morgan fingerprint density at radius 3 is 2.46 bits per heavy atom. The van der Waals surface area contributed by atoms with Gasteiger partial charge in [0.2, 0.25) is 0 Å². The summed E-state index contributed by atoms with van der Waals surface area (Å²) in [6.07, 6.45) is 0.863. The molecule has 2 aromatic carbocycles. The molecule has 0 unspecified atom stereocenters. The molecule has 0 amide bonds. The molecule has 7 heteroatoms. The first-order valence-corrected chi connectivity index (χ1v) is 8.82. The second-order valence-corrected chi connectivity index (χ2v) is 7.17. The second-order valence-electron chi connectivity index (χ2n) is 5.48. The Morgan fingerprint density at radius 2 is 1.67 bits per heavy atom. The third kappa shape index (κ3) is 2.66. The van der Waals surface area contributed by atoms with Gasteiger partial charge in [-0.1, -0.05) is 46.4 Å². The molecule has 122 valence electrons. The molecule has 0 fully saturated rings. The summed E-state index contributed by atoms with van der Waals surface area (Å²) in [6.45, 7) is 0.837. The number of benzene rings is 2. The van der Waals surface area contributed by atoms with E-state index in [0.717, 1.165) is 41.3 Å². The van der Waals surface area contributed by atoms with Crippen molar-refractivity contribution in [3.63, 3.8) is 0 Å². The van der Waals surface area contributed by atoms with Crippen molar-refractivity contribution in [1.29, 1.82) is 0 Å². The fourth-order valence-electron chi connectivity index (χ4n) is 2.90. The molecule has 0 spiro atoms. The van der Waals surface area contributed by atoms with E-state index in [2.05, 4.69) is 5.32 Å². The lowest BCUT2D eigenvalue weighted by atomic mass is 10.1. The normalized spacial score (nSPS) is 13.0. The van der Waals surface area contributed by atoms with Crippen LogP contribution in [0.2, 0.25) is 20.1 Å². The van der Waals surface area contributed by atoms with Gasteiger partial charge in [-0.25, -0.2) is 4.68 Å². The molecule has 2 heterocycles. The highest BCUT2D eigenvalue weighted by molar-refractivity contribution is 6.36. The van der Waals surface area contributed by atoms with Crippen molar-refractivity contribution in [3.8, 4) is 16.9 Å². The number of rotatable bonds is 2. The molecule has 24 heavy (non-hydrogen) atoms. The monoisotopic (exact) mass is 397 g/mol. The van der Waals surface area contributed by atoms with E-state index >= 15 is 0 Å². The second kappa shape index (κ2) is 6.16. The summed E-state index contributed by atoms with van der Waals surface area (Å²) in [4.78, 5) is 0. The summed E-state index contributed by atoms with van der Waals surface area (Å²) in [5.74, 6) is 0.917. The zero-order valence-corrected chi connectivity index (χ0v) is 15.3. The van der Waals surface area contributed by atoms with Gasteiger partial charge in [0.25, 0.3) is 0 Å². The molecular formula is C17H11Cl4N3. The van der Waals surface area contributed by atoms with Crippen LogP contribution in [-0.2, 0) is 6.42 Å². The van der Waals surface area contributed by atoms with Crippen LogP contribution in [0.25, 0.3) is 16.9 Å². The topological polar surface area (TPSA) is 29.9 Å². The molecule has 0 aliphatic carbocycles. The predicted octanol–water partition coefficient (Wildman–Crippen LogP) is 6.12. The van der Waals surface area contributed by atoms with Crippen molar-refractivity contribution < 1.29 is 0 Å². The van der Waals surface area contributed by atoms with Gasteiger partial charge in [-0.3, -0.25) is 0 Å². The first-order chi connectivity index (χ1) is 11.5. The minimum Gasteiger partial charge on any atom is -0.369 e. The van der Waals surface area contributed by atoms with Gasteiger partial charge < -0.3 is 5.32 Å². The molecule has 1 aliphatic rings. The molecule has 0 radical (unpaired) electrons. The first-order valence-electron chi connectivity index (χ1n) is 7.31. The first kappa shape index (κ1) is 16.1. The smallest absolute Gasteiger partial charge is 0.133 e. The van der Waals surface area contributed by atoms with Crippen molar-refractivity contribution in [2.75, 3.05) is 11.9 Å². The van der Waals surface area contributed by atoms with E-state index in [-0.39, 0.29) is 0 Å². The summed E-state index contributed by atoms with van der Waals surface area (Å²) < 4.78 is 1.79. The molecule has 0 bridgehead atoms. The molecule has 1 N–H and O–H groups in total. The molecule has 3 aromatic rings. The number of aromatic nitrogens is 2. The van der Waals surface area contributed by atoms with E-state index in [1.165, 1.54) is 0 Å². The SMILES string of the molecule is Clc1ccc(-c2nn(-c3cc(Cl)ccc3Cl)c3c2CCN3)c(Cl)c1. The third-order valence-corrected chi connectivity index (χ3v) is 5.08. The zero-order valence-electron chi connectivity index (χ0n) is 12.3. The highest BCUT2D eigenvalue weighted by Gasteiger charge is 2.26. The van der Waals surface area contributed by atoms with E-state index in [1.54, 1.807) is 28.9 Å². The highest BCUT2D eigenvalue weighted by atomic mass is 35.5. The van der Waals surface area contributed by atoms with Crippen LogP contribution in [0.3, 0.4) is 0 Å². The van der Waals surface area contributed by atoms with E-state index < -0.39 is 0 Å². The van der Waals surface area contributed by atoms with E-state index in [0.29, 0.717) is 20.1 Å². The Labute approximate surface area is 159 Å². The van der Waals surface area contributed by atoms with Crippen LogP contribution in [-0.4, -0.2) is 16.3 Å². The van der Waals surface area contributed by atoms with Gasteiger partial charge in [-0.15, -0.1) is 0 Å². The number of halogens is 4. The number of hydrogen-bond acceptors (Lipinski definition) is 2. The van der Waals surface area contributed by atoms with Crippen molar-refractivity contribution in [1.82, 2.24) is 9.78 Å². The van der Waals surface area contributed by atoms with Crippen LogP contribution >= 0.6 is 46.4 Å². The minimum atomic E-state index is 0.569. The molecule has 0 saturated carbocycles. The van der Waals surface area contributed by atoms with Crippen LogP contribution in [0, 0.1) is 0 Å². The maximum atomic E-state index is 6.38. The van der Waals surface area contributed by atoms with Gasteiger partial charge >= 0.3 is 0 Å². The summed E-state index contributed by atoms with van der Waals surface area (Å²) in [7, 11) is 0. The predicted molar refractivity (Wildman–Crippen MR) is 101 cm³/mol. The number of nitrogens with zero attached hydrogens (tertiary/aromatic N) is 2. The highest BCUT2D eigenvalue weighted by Crippen LogP contribution is 2.39. The molecule has 0 saturated heterocycles. The lowest BCUT2D eigenvalue weighted by Gasteiger charge is -2.09. The Hall–Kier alpha value is -1.39. The van der Waals surface area contributed by atoms with Gasteiger partial charge in [0.05, 0.1) is 21.4 Å². The average molecular weight is 399 g/mol. The maximum Gasteiger partial charge on any atom is 0.133 e. The molecule has 1 aromatic heterocycles. The van der Waals surface area contributed by atoms with Gasteiger partial charge in [0.1, 0.15) is 5.82 Å².